The maximum Gasteiger partial charge on any atom is 0.195 e. The van der Waals surface area contributed by atoms with Gasteiger partial charge in [-0.1, -0.05) is 41.1 Å². The third-order valence-electron chi connectivity index (χ3n) is 3.72. The van der Waals surface area contributed by atoms with Crippen LogP contribution in [0.2, 0.25) is 5.02 Å². The maximum atomic E-state index is 9.01. The molecule has 0 aliphatic rings. The maximum absolute atomic E-state index is 9.01. The van der Waals surface area contributed by atoms with Gasteiger partial charge in [0.15, 0.2) is 11.0 Å². The molecule has 5 nitrogen and oxygen atoms in total. The lowest BCUT2D eigenvalue weighted by Crippen LogP contribution is -2.22. The van der Waals surface area contributed by atoms with Gasteiger partial charge in [0.2, 0.25) is 0 Å². The molecule has 2 aromatic rings. The first-order valence-electron chi connectivity index (χ1n) is 8.29. The summed E-state index contributed by atoms with van der Waals surface area (Å²) >= 11 is 7.77. The zero-order valence-corrected chi connectivity index (χ0v) is 16.5. The number of halogens is 1. The summed E-state index contributed by atoms with van der Waals surface area (Å²) in [5, 5.41) is 19.3. The zero-order valence-electron chi connectivity index (χ0n) is 14.9. The minimum Gasteiger partial charge on any atom is -0.396 e. The molecule has 0 aliphatic heterocycles. The third kappa shape index (κ3) is 5.85. The Kier molecular flexibility index (Phi) is 7.96. The number of hydrogen-bond acceptors (Lipinski definition) is 5. The van der Waals surface area contributed by atoms with Crippen LogP contribution in [0.15, 0.2) is 41.1 Å². The van der Waals surface area contributed by atoms with Gasteiger partial charge in [-0.3, -0.25) is 9.47 Å². The van der Waals surface area contributed by atoms with Crippen molar-refractivity contribution in [1.82, 2.24) is 19.7 Å². The van der Waals surface area contributed by atoms with Crippen molar-refractivity contribution >= 4 is 23.4 Å². The van der Waals surface area contributed by atoms with E-state index < -0.39 is 0 Å². The Hall–Kier alpha value is -1.34. The summed E-state index contributed by atoms with van der Waals surface area (Å²) in [5.41, 5.74) is 2.27. The van der Waals surface area contributed by atoms with Gasteiger partial charge in [-0.15, -0.1) is 10.2 Å². The normalized spacial score (nSPS) is 12.2. The number of likely N-dealkylation sites (N-methyl/N-ethyl adjacent to an activating group) is 1. The fourth-order valence-electron chi connectivity index (χ4n) is 2.41. The van der Waals surface area contributed by atoms with Gasteiger partial charge >= 0.3 is 0 Å². The molecule has 1 N–H and O–H groups in total. The molecule has 1 heterocycles. The molecule has 0 aliphatic carbocycles. The van der Waals surface area contributed by atoms with Crippen molar-refractivity contribution in [3.63, 3.8) is 0 Å². The summed E-state index contributed by atoms with van der Waals surface area (Å²) in [6, 6.07) is 7.71. The Morgan fingerprint density at radius 2 is 2.20 bits per heavy atom. The van der Waals surface area contributed by atoms with E-state index in [1.807, 2.05) is 31.2 Å². The molecular weight excluding hydrogens is 356 g/mol. The van der Waals surface area contributed by atoms with E-state index in [0.29, 0.717) is 11.6 Å². The van der Waals surface area contributed by atoms with Crippen molar-refractivity contribution in [2.24, 2.45) is 0 Å². The van der Waals surface area contributed by atoms with Gasteiger partial charge in [0, 0.05) is 23.9 Å². The number of hydrogen-bond donors (Lipinski definition) is 1. The van der Waals surface area contributed by atoms with Gasteiger partial charge in [0.05, 0.1) is 12.2 Å². The van der Waals surface area contributed by atoms with Crippen molar-refractivity contribution < 1.29 is 5.11 Å². The van der Waals surface area contributed by atoms with Crippen molar-refractivity contribution in [1.29, 1.82) is 0 Å². The Morgan fingerprint density at radius 3 is 2.88 bits per heavy atom. The molecule has 0 atom stereocenters. The Labute approximate surface area is 158 Å². The molecule has 0 radical (unpaired) electrons. The average molecular weight is 381 g/mol. The molecule has 0 unspecified atom stereocenters. The number of aromatic nitrogens is 3. The second-order valence-electron chi connectivity index (χ2n) is 5.95. The van der Waals surface area contributed by atoms with Gasteiger partial charge < -0.3 is 5.11 Å². The highest BCUT2D eigenvalue weighted by Gasteiger charge is 2.16. The highest BCUT2D eigenvalue weighted by atomic mass is 35.5. The van der Waals surface area contributed by atoms with Crippen molar-refractivity contribution in [2.75, 3.05) is 26.0 Å². The van der Waals surface area contributed by atoms with Crippen LogP contribution in [0.5, 0.6) is 0 Å². The predicted molar refractivity (Wildman–Crippen MR) is 105 cm³/mol. The van der Waals surface area contributed by atoms with E-state index in [9.17, 15) is 0 Å². The number of aliphatic hydroxyl groups is 1. The van der Waals surface area contributed by atoms with Crippen molar-refractivity contribution in [3.05, 3.63) is 46.8 Å². The lowest BCUT2D eigenvalue weighted by molar-refractivity contribution is 0.296. The van der Waals surface area contributed by atoms with Crippen LogP contribution in [0.25, 0.3) is 5.69 Å². The number of allylic oxidation sites excluding steroid dienone is 1. The smallest absolute Gasteiger partial charge is 0.195 e. The fourth-order valence-corrected chi connectivity index (χ4v) is 3.49. The lowest BCUT2D eigenvalue weighted by atomic mass is 10.2. The second-order valence-corrected chi connectivity index (χ2v) is 7.45. The third-order valence-corrected chi connectivity index (χ3v) is 4.97. The molecule has 1 aromatic carbocycles. The molecule has 0 saturated heterocycles. The van der Waals surface area contributed by atoms with Crippen LogP contribution < -0.4 is 0 Å². The lowest BCUT2D eigenvalue weighted by Gasteiger charge is -2.18. The summed E-state index contributed by atoms with van der Waals surface area (Å²) in [7, 11) is 2.07. The molecular formula is C18H25ClN4OS. The van der Waals surface area contributed by atoms with Gasteiger partial charge in [0.1, 0.15) is 0 Å². The van der Waals surface area contributed by atoms with Crippen LogP contribution in [0.3, 0.4) is 0 Å². The summed E-state index contributed by atoms with van der Waals surface area (Å²) in [5.74, 6) is 1.67. The molecule has 2 rings (SSSR count). The first-order valence-corrected chi connectivity index (χ1v) is 9.65. The number of nitrogens with zero attached hydrogens (tertiary/aromatic N) is 4. The van der Waals surface area contributed by atoms with E-state index in [2.05, 4.69) is 39.7 Å². The van der Waals surface area contributed by atoms with E-state index in [-0.39, 0.29) is 6.61 Å². The molecule has 136 valence electrons. The highest BCUT2D eigenvalue weighted by molar-refractivity contribution is 7.99. The number of aliphatic hydroxyl groups excluding tert-OH is 1. The van der Waals surface area contributed by atoms with Crippen molar-refractivity contribution in [2.45, 2.75) is 32.0 Å². The summed E-state index contributed by atoms with van der Waals surface area (Å²) in [6.45, 7) is 5.91. The molecule has 25 heavy (non-hydrogen) atoms. The molecule has 0 fully saturated rings. The largest absolute Gasteiger partial charge is 0.396 e. The van der Waals surface area contributed by atoms with E-state index in [4.69, 9.17) is 16.7 Å². The quantitative estimate of drug-likeness (QED) is 0.407. The Morgan fingerprint density at radius 1 is 1.40 bits per heavy atom. The predicted octanol–water partition coefficient (Wildman–Crippen LogP) is 3.79. The fraction of sp³-hybridized carbons (Fsp3) is 0.444. The first kappa shape index (κ1) is 20.0. The summed E-state index contributed by atoms with van der Waals surface area (Å²) in [6.07, 6.45) is 2.84. The number of benzene rings is 1. The Bertz CT molecular complexity index is 717. The van der Waals surface area contributed by atoms with E-state index >= 15 is 0 Å². The van der Waals surface area contributed by atoms with Crippen LogP contribution in [0.1, 0.15) is 26.1 Å². The topological polar surface area (TPSA) is 54.2 Å². The van der Waals surface area contributed by atoms with Gasteiger partial charge in [-0.2, -0.15) is 0 Å². The molecule has 0 spiro atoms. The molecule has 0 saturated carbocycles. The SMILES string of the molecule is C/C=C(\C)CN(C)Cc1nnc(SCCCO)n1-c1cccc(Cl)c1. The van der Waals surface area contributed by atoms with Crippen LogP contribution in [-0.4, -0.2) is 50.7 Å². The standard InChI is InChI=1S/C18H25ClN4OS/c1-4-14(2)12-22(3)13-17-20-21-18(25-10-6-9-24)23(17)16-8-5-7-15(19)11-16/h4-5,7-8,11,24H,6,9-10,12-13H2,1-3H3/b14-4+. The summed E-state index contributed by atoms with van der Waals surface area (Å²) in [4.78, 5) is 2.21. The van der Waals surface area contributed by atoms with E-state index in [0.717, 1.165) is 35.4 Å². The highest BCUT2D eigenvalue weighted by Crippen LogP contribution is 2.25. The Balaban J connectivity index is 2.29. The van der Waals surface area contributed by atoms with Crippen LogP contribution in [-0.2, 0) is 6.54 Å². The monoisotopic (exact) mass is 380 g/mol. The van der Waals surface area contributed by atoms with E-state index in [1.54, 1.807) is 11.8 Å². The van der Waals surface area contributed by atoms with Gasteiger partial charge in [-0.05, 0) is 45.5 Å². The second kappa shape index (κ2) is 9.97. The van der Waals surface area contributed by atoms with Crippen LogP contribution >= 0.6 is 23.4 Å². The van der Waals surface area contributed by atoms with Gasteiger partial charge in [0.25, 0.3) is 0 Å². The van der Waals surface area contributed by atoms with Crippen molar-refractivity contribution in [3.8, 4) is 5.69 Å². The molecule has 0 bridgehead atoms. The number of thioether (sulfide) groups is 1. The van der Waals surface area contributed by atoms with Gasteiger partial charge in [-0.25, -0.2) is 0 Å². The van der Waals surface area contributed by atoms with Crippen LogP contribution in [0, 0.1) is 0 Å². The molecule has 1 aromatic heterocycles. The summed E-state index contributed by atoms with van der Waals surface area (Å²) < 4.78 is 2.05. The average Bonchev–Trinajstić information content (AvgIpc) is 2.97. The minimum atomic E-state index is 0.177. The zero-order chi connectivity index (χ0) is 18.2. The van der Waals surface area contributed by atoms with Crippen LogP contribution in [0.4, 0.5) is 0 Å². The molecule has 0 amide bonds. The minimum absolute atomic E-state index is 0.177. The molecule has 7 heteroatoms. The first-order chi connectivity index (χ1) is 12.0. The number of rotatable bonds is 9. The van der Waals surface area contributed by atoms with E-state index in [1.165, 1.54) is 5.57 Å².